The lowest BCUT2D eigenvalue weighted by molar-refractivity contribution is 0.642. The van der Waals surface area contributed by atoms with E-state index in [0.717, 1.165) is 78.0 Å². The van der Waals surface area contributed by atoms with Gasteiger partial charge < -0.3 is 31.9 Å². The lowest BCUT2D eigenvalue weighted by atomic mass is 10.2. The van der Waals surface area contributed by atoms with Crippen LogP contribution in [0.3, 0.4) is 0 Å². The molecule has 0 saturated heterocycles. The van der Waals surface area contributed by atoms with Gasteiger partial charge in [-0.15, -0.1) is 0 Å². The van der Waals surface area contributed by atoms with Crippen LogP contribution < -0.4 is 31.9 Å². The lowest BCUT2D eigenvalue weighted by Crippen LogP contribution is -2.21. The molecular formula is C24H38N6. The monoisotopic (exact) mass is 410 g/mol. The fourth-order valence-electron chi connectivity index (χ4n) is 3.45. The molecule has 0 saturated carbocycles. The van der Waals surface area contributed by atoms with Crippen molar-refractivity contribution in [2.75, 3.05) is 73.6 Å². The molecule has 0 aliphatic carbocycles. The summed E-state index contributed by atoms with van der Waals surface area (Å²) in [4.78, 5) is 0. The third-order valence-electron chi connectivity index (χ3n) is 5.21. The third-order valence-corrected chi connectivity index (χ3v) is 5.21. The van der Waals surface area contributed by atoms with Gasteiger partial charge in [0, 0.05) is 48.9 Å². The van der Waals surface area contributed by atoms with Crippen LogP contribution in [0.4, 0.5) is 22.7 Å². The summed E-state index contributed by atoms with van der Waals surface area (Å²) in [7, 11) is 0. The highest BCUT2D eigenvalue weighted by Gasteiger charge is 1.97. The van der Waals surface area contributed by atoms with Crippen LogP contribution in [-0.4, -0.2) is 52.4 Å². The first-order valence-electron chi connectivity index (χ1n) is 11.5. The van der Waals surface area contributed by atoms with E-state index in [1.165, 1.54) is 22.7 Å². The Morgan fingerprint density at radius 1 is 0.333 bits per heavy atom. The van der Waals surface area contributed by atoms with Gasteiger partial charge in [-0.3, -0.25) is 0 Å². The van der Waals surface area contributed by atoms with E-state index in [-0.39, 0.29) is 0 Å². The maximum atomic E-state index is 3.53. The zero-order valence-corrected chi connectivity index (χ0v) is 18.1. The van der Waals surface area contributed by atoms with E-state index in [1.54, 1.807) is 0 Å². The van der Waals surface area contributed by atoms with Crippen LogP contribution in [-0.2, 0) is 0 Å². The molecule has 4 aliphatic rings. The Morgan fingerprint density at radius 3 is 0.800 bits per heavy atom. The van der Waals surface area contributed by atoms with Gasteiger partial charge in [-0.05, 0) is 100 Å². The molecule has 6 rings (SSSR count). The Bertz CT molecular complexity index is 566. The molecule has 164 valence electrons. The molecule has 0 unspecified atom stereocenters. The predicted molar refractivity (Wildman–Crippen MR) is 131 cm³/mol. The van der Waals surface area contributed by atoms with Gasteiger partial charge in [-0.2, -0.15) is 0 Å². The van der Waals surface area contributed by atoms with Crippen LogP contribution in [0.25, 0.3) is 0 Å². The fraction of sp³-hybridized carbons (Fsp3) is 0.500. The van der Waals surface area contributed by atoms with Gasteiger partial charge in [0.1, 0.15) is 0 Å². The standard InChI is InChI=1S/C24H38N6/c1-13-25-14-2-18-28-23-9-11-24(12-10-23)30-20-4-16-26-15-3-19-29-22-7-5-21(6-8-22)27-17-1/h5-12,25-30H,1-4,13-20H2. The molecule has 4 aliphatic heterocycles. The maximum Gasteiger partial charge on any atom is 0.0341 e. The van der Waals surface area contributed by atoms with E-state index < -0.39 is 0 Å². The Labute approximate surface area is 181 Å². The summed E-state index contributed by atoms with van der Waals surface area (Å²) >= 11 is 0. The Kier molecular flexibility index (Phi) is 10.2. The van der Waals surface area contributed by atoms with Gasteiger partial charge >= 0.3 is 0 Å². The van der Waals surface area contributed by atoms with Crippen molar-refractivity contribution >= 4 is 22.7 Å². The SMILES string of the molecule is c1cc2ccc1NCCCNCCCNc1ccc(cc1)NCCCNCCCN2. The minimum Gasteiger partial charge on any atom is -0.385 e. The Hall–Kier alpha value is -2.44. The molecule has 2 aromatic carbocycles. The second-order valence-electron chi connectivity index (χ2n) is 7.78. The van der Waals surface area contributed by atoms with Gasteiger partial charge in [0.15, 0.2) is 0 Å². The van der Waals surface area contributed by atoms with E-state index in [1.807, 2.05) is 0 Å². The molecule has 0 amide bonds. The molecule has 2 aromatic rings. The third kappa shape index (κ3) is 8.93. The zero-order chi connectivity index (χ0) is 20.7. The first-order valence-corrected chi connectivity index (χ1v) is 11.5. The van der Waals surface area contributed by atoms with E-state index in [0.29, 0.717) is 0 Å². The molecule has 6 heteroatoms. The van der Waals surface area contributed by atoms with Gasteiger partial charge in [-0.1, -0.05) is 0 Å². The second kappa shape index (κ2) is 13.7. The van der Waals surface area contributed by atoms with E-state index >= 15 is 0 Å². The van der Waals surface area contributed by atoms with Crippen molar-refractivity contribution in [2.24, 2.45) is 0 Å². The Balaban J connectivity index is 1.42. The summed E-state index contributed by atoms with van der Waals surface area (Å²) in [6.07, 6.45) is 4.48. The Morgan fingerprint density at radius 2 is 0.567 bits per heavy atom. The molecule has 0 aromatic heterocycles. The van der Waals surface area contributed by atoms with Crippen molar-refractivity contribution in [1.82, 2.24) is 10.6 Å². The van der Waals surface area contributed by atoms with Crippen LogP contribution in [0.5, 0.6) is 0 Å². The second-order valence-corrected chi connectivity index (χ2v) is 7.78. The topological polar surface area (TPSA) is 72.2 Å². The largest absolute Gasteiger partial charge is 0.385 e. The van der Waals surface area contributed by atoms with Crippen LogP contribution in [0, 0.1) is 0 Å². The summed E-state index contributed by atoms with van der Waals surface area (Å²) in [5, 5.41) is 21.1. The number of anilines is 4. The van der Waals surface area contributed by atoms with Crippen molar-refractivity contribution in [3.63, 3.8) is 0 Å². The smallest absolute Gasteiger partial charge is 0.0341 e. The van der Waals surface area contributed by atoms with Gasteiger partial charge in [0.05, 0.1) is 0 Å². The minimum atomic E-state index is 0.990. The molecule has 0 fully saturated rings. The van der Waals surface area contributed by atoms with Crippen molar-refractivity contribution in [3.8, 4) is 0 Å². The van der Waals surface area contributed by atoms with Crippen molar-refractivity contribution in [3.05, 3.63) is 48.5 Å². The van der Waals surface area contributed by atoms with Crippen molar-refractivity contribution in [2.45, 2.75) is 25.7 Å². The predicted octanol–water partition coefficient (Wildman–Crippen LogP) is 3.79. The van der Waals surface area contributed by atoms with E-state index in [9.17, 15) is 0 Å². The first kappa shape index (κ1) is 22.2. The molecule has 30 heavy (non-hydrogen) atoms. The zero-order valence-electron chi connectivity index (χ0n) is 18.1. The number of benzene rings is 2. The number of hydrogen-bond acceptors (Lipinski definition) is 6. The molecule has 6 nitrogen and oxygen atoms in total. The minimum absolute atomic E-state index is 0.990. The molecule has 4 heterocycles. The fourth-order valence-corrected chi connectivity index (χ4v) is 3.45. The number of rotatable bonds is 0. The van der Waals surface area contributed by atoms with Crippen LogP contribution >= 0.6 is 0 Å². The first-order chi connectivity index (χ1) is 14.9. The molecule has 6 N–H and O–H groups in total. The van der Waals surface area contributed by atoms with Gasteiger partial charge in [-0.25, -0.2) is 0 Å². The van der Waals surface area contributed by atoms with Crippen LogP contribution in [0.2, 0.25) is 0 Å². The summed E-state index contributed by atoms with van der Waals surface area (Å²) in [5.41, 5.74) is 4.75. The number of nitrogens with one attached hydrogen (secondary N) is 6. The summed E-state index contributed by atoms with van der Waals surface area (Å²) in [6, 6.07) is 17.2. The summed E-state index contributed by atoms with van der Waals surface area (Å²) in [5.74, 6) is 0. The maximum absolute atomic E-state index is 3.53. The van der Waals surface area contributed by atoms with Crippen molar-refractivity contribution < 1.29 is 0 Å². The van der Waals surface area contributed by atoms with Crippen LogP contribution in [0.15, 0.2) is 48.5 Å². The van der Waals surface area contributed by atoms with Gasteiger partial charge in [0.2, 0.25) is 0 Å². The highest BCUT2D eigenvalue weighted by molar-refractivity contribution is 5.54. The summed E-state index contributed by atoms with van der Waals surface area (Å²) in [6.45, 7) is 8.13. The molecule has 0 spiro atoms. The van der Waals surface area contributed by atoms with Crippen molar-refractivity contribution in [1.29, 1.82) is 0 Å². The van der Waals surface area contributed by atoms with E-state index in [4.69, 9.17) is 0 Å². The summed E-state index contributed by atoms with van der Waals surface area (Å²) < 4.78 is 0. The normalized spacial score (nSPS) is 17.9. The highest BCUT2D eigenvalue weighted by atomic mass is 14.9. The molecular weight excluding hydrogens is 372 g/mol. The quantitative estimate of drug-likeness (QED) is 0.397. The molecule has 0 atom stereocenters. The van der Waals surface area contributed by atoms with Gasteiger partial charge in [0.25, 0.3) is 0 Å². The molecule has 0 radical (unpaired) electrons. The van der Waals surface area contributed by atoms with Crippen LogP contribution in [0.1, 0.15) is 25.7 Å². The lowest BCUT2D eigenvalue weighted by Gasteiger charge is -2.12. The number of hydrogen-bond donors (Lipinski definition) is 6. The van der Waals surface area contributed by atoms with E-state index in [2.05, 4.69) is 80.4 Å². The highest BCUT2D eigenvalue weighted by Crippen LogP contribution is 2.14. The average molecular weight is 411 g/mol. The molecule has 4 bridgehead atoms. The average Bonchev–Trinajstić information content (AvgIpc) is 2.78.